The highest BCUT2D eigenvalue weighted by molar-refractivity contribution is 5.76. The maximum atomic E-state index is 12.2. The van der Waals surface area contributed by atoms with E-state index in [0.29, 0.717) is 18.9 Å². The number of hydrogen-bond donors (Lipinski definition) is 2. The summed E-state index contributed by atoms with van der Waals surface area (Å²) in [4.78, 5) is 25.1. The van der Waals surface area contributed by atoms with Crippen LogP contribution in [-0.4, -0.2) is 42.4 Å². The number of likely N-dealkylation sites (tertiary alicyclic amines) is 1. The van der Waals surface area contributed by atoms with Crippen molar-refractivity contribution >= 4 is 11.8 Å². The fourth-order valence-electron chi connectivity index (χ4n) is 2.83. The van der Waals surface area contributed by atoms with Gasteiger partial charge in [0.05, 0.1) is 0 Å². The Morgan fingerprint density at radius 1 is 1.30 bits per heavy atom. The largest absolute Gasteiger partial charge is 0.353 e. The Bertz CT molecular complexity index is 312. The highest BCUT2D eigenvalue weighted by Crippen LogP contribution is 2.17. The molecule has 1 saturated heterocycles. The molecule has 0 saturated carbocycles. The van der Waals surface area contributed by atoms with E-state index in [0.717, 1.165) is 45.2 Å². The monoisotopic (exact) mass is 283 g/mol. The molecule has 2 amide bonds. The van der Waals surface area contributed by atoms with Crippen LogP contribution in [0.1, 0.15) is 52.4 Å². The molecule has 1 aliphatic heterocycles. The van der Waals surface area contributed by atoms with Crippen molar-refractivity contribution in [3.05, 3.63) is 0 Å². The van der Waals surface area contributed by atoms with Gasteiger partial charge in [-0.3, -0.25) is 9.59 Å². The predicted octanol–water partition coefficient (Wildman–Crippen LogP) is 1.27. The van der Waals surface area contributed by atoms with Crippen molar-refractivity contribution in [3.63, 3.8) is 0 Å². The Kier molecular flexibility index (Phi) is 7.59. The van der Waals surface area contributed by atoms with Crippen LogP contribution < -0.4 is 11.1 Å². The highest BCUT2D eigenvalue weighted by atomic mass is 16.2. The van der Waals surface area contributed by atoms with Gasteiger partial charge in [0.25, 0.3) is 0 Å². The van der Waals surface area contributed by atoms with Crippen molar-refractivity contribution < 1.29 is 9.59 Å². The molecule has 3 N–H and O–H groups in total. The lowest BCUT2D eigenvalue weighted by molar-refractivity contribution is -0.132. The van der Waals surface area contributed by atoms with E-state index in [1.54, 1.807) is 6.92 Å². The molecule has 0 spiro atoms. The van der Waals surface area contributed by atoms with Gasteiger partial charge in [-0.25, -0.2) is 0 Å². The van der Waals surface area contributed by atoms with Gasteiger partial charge in [0.2, 0.25) is 11.8 Å². The zero-order chi connectivity index (χ0) is 15.0. The van der Waals surface area contributed by atoms with Crippen LogP contribution in [-0.2, 0) is 9.59 Å². The third-order valence-electron chi connectivity index (χ3n) is 4.17. The lowest BCUT2D eigenvalue weighted by Gasteiger charge is -2.32. The molecule has 0 aromatic heterocycles. The molecular formula is C15H29N3O2. The first kappa shape index (κ1) is 17.0. The number of piperidine rings is 1. The average Bonchev–Trinajstić information content (AvgIpc) is 2.43. The minimum absolute atomic E-state index is 0.0161. The van der Waals surface area contributed by atoms with Crippen molar-refractivity contribution in [1.82, 2.24) is 10.2 Å². The summed E-state index contributed by atoms with van der Waals surface area (Å²) >= 11 is 0. The molecule has 1 rings (SSSR count). The first-order chi connectivity index (χ1) is 9.56. The van der Waals surface area contributed by atoms with Gasteiger partial charge < -0.3 is 16.0 Å². The van der Waals surface area contributed by atoms with Crippen molar-refractivity contribution in [2.24, 2.45) is 11.7 Å². The predicted molar refractivity (Wildman–Crippen MR) is 80.1 cm³/mol. The van der Waals surface area contributed by atoms with Crippen LogP contribution in [0.3, 0.4) is 0 Å². The molecule has 116 valence electrons. The fourth-order valence-corrected chi connectivity index (χ4v) is 2.83. The number of rotatable bonds is 7. The third-order valence-corrected chi connectivity index (χ3v) is 4.17. The molecule has 1 atom stereocenters. The number of amides is 2. The number of carbonyl (C=O) groups is 2. The maximum absolute atomic E-state index is 12.2. The molecule has 0 aromatic rings. The van der Waals surface area contributed by atoms with Crippen molar-refractivity contribution in [2.75, 3.05) is 19.6 Å². The summed E-state index contributed by atoms with van der Waals surface area (Å²) in [6.45, 7) is 5.92. The Hall–Kier alpha value is -1.10. The molecule has 5 heteroatoms. The highest BCUT2D eigenvalue weighted by Gasteiger charge is 2.23. The topological polar surface area (TPSA) is 75.4 Å². The zero-order valence-corrected chi connectivity index (χ0v) is 12.9. The van der Waals surface area contributed by atoms with Gasteiger partial charge in [-0.05, 0) is 38.1 Å². The normalized spacial score (nSPS) is 17.9. The molecule has 0 radical (unpaired) electrons. The Morgan fingerprint density at radius 3 is 2.45 bits per heavy atom. The zero-order valence-electron chi connectivity index (χ0n) is 12.9. The number of nitrogens with one attached hydrogen (secondary N) is 1. The molecule has 0 bridgehead atoms. The van der Waals surface area contributed by atoms with Gasteiger partial charge in [-0.2, -0.15) is 0 Å². The summed E-state index contributed by atoms with van der Waals surface area (Å²) in [7, 11) is 0. The first-order valence-corrected chi connectivity index (χ1v) is 7.81. The van der Waals surface area contributed by atoms with Crippen LogP contribution in [0.4, 0.5) is 0 Å². The van der Waals surface area contributed by atoms with Gasteiger partial charge in [0.15, 0.2) is 0 Å². The standard InChI is InChI=1S/C15H29N3O2/c1-3-13(6-9-16)4-5-15(20)18-10-7-14(8-11-18)17-12(2)19/h13-14H,3-11,16H2,1-2H3,(H,17,19). The minimum atomic E-state index is 0.0161. The van der Waals surface area contributed by atoms with E-state index in [9.17, 15) is 9.59 Å². The van der Waals surface area contributed by atoms with E-state index in [1.165, 1.54) is 0 Å². The maximum Gasteiger partial charge on any atom is 0.222 e. The van der Waals surface area contributed by atoms with Crippen molar-refractivity contribution in [3.8, 4) is 0 Å². The van der Waals surface area contributed by atoms with Crippen LogP contribution in [0.25, 0.3) is 0 Å². The SMILES string of the molecule is CCC(CCN)CCC(=O)N1CCC(NC(C)=O)CC1. The lowest BCUT2D eigenvalue weighted by Crippen LogP contribution is -2.46. The van der Waals surface area contributed by atoms with Crippen LogP contribution in [0.5, 0.6) is 0 Å². The van der Waals surface area contributed by atoms with E-state index in [-0.39, 0.29) is 17.9 Å². The summed E-state index contributed by atoms with van der Waals surface area (Å²) in [5.41, 5.74) is 5.58. The lowest BCUT2D eigenvalue weighted by atomic mass is 9.96. The summed E-state index contributed by atoms with van der Waals surface area (Å²) < 4.78 is 0. The summed E-state index contributed by atoms with van der Waals surface area (Å²) in [5, 5.41) is 2.93. The van der Waals surface area contributed by atoms with E-state index in [1.807, 2.05) is 4.90 Å². The van der Waals surface area contributed by atoms with Crippen LogP contribution in [0, 0.1) is 5.92 Å². The molecule has 0 aromatic carbocycles. The average molecular weight is 283 g/mol. The van der Waals surface area contributed by atoms with E-state index in [4.69, 9.17) is 5.73 Å². The van der Waals surface area contributed by atoms with Crippen LogP contribution in [0.2, 0.25) is 0 Å². The molecule has 1 unspecified atom stereocenters. The van der Waals surface area contributed by atoms with Gasteiger partial charge in [0.1, 0.15) is 0 Å². The van der Waals surface area contributed by atoms with E-state index < -0.39 is 0 Å². The van der Waals surface area contributed by atoms with Crippen LogP contribution in [0.15, 0.2) is 0 Å². The summed E-state index contributed by atoms with van der Waals surface area (Å²) in [6, 6.07) is 0.234. The Morgan fingerprint density at radius 2 is 1.95 bits per heavy atom. The van der Waals surface area contributed by atoms with Gasteiger partial charge in [-0.1, -0.05) is 13.3 Å². The molecule has 20 heavy (non-hydrogen) atoms. The molecule has 0 aliphatic carbocycles. The number of carbonyl (C=O) groups excluding carboxylic acids is 2. The second kappa shape index (κ2) is 8.95. The van der Waals surface area contributed by atoms with Crippen molar-refractivity contribution in [1.29, 1.82) is 0 Å². The van der Waals surface area contributed by atoms with Gasteiger partial charge in [0, 0.05) is 32.5 Å². The van der Waals surface area contributed by atoms with Gasteiger partial charge >= 0.3 is 0 Å². The first-order valence-electron chi connectivity index (χ1n) is 7.81. The number of hydrogen-bond acceptors (Lipinski definition) is 3. The smallest absolute Gasteiger partial charge is 0.222 e. The second-order valence-corrected chi connectivity index (χ2v) is 5.75. The molecule has 1 aliphatic rings. The van der Waals surface area contributed by atoms with Crippen LogP contribution >= 0.6 is 0 Å². The quantitative estimate of drug-likeness (QED) is 0.739. The molecule has 1 fully saturated rings. The fraction of sp³-hybridized carbons (Fsp3) is 0.867. The van der Waals surface area contributed by atoms with Gasteiger partial charge in [-0.15, -0.1) is 0 Å². The Labute approximate surface area is 122 Å². The minimum Gasteiger partial charge on any atom is -0.353 e. The Balaban J connectivity index is 2.26. The van der Waals surface area contributed by atoms with Crippen molar-refractivity contribution in [2.45, 2.75) is 58.4 Å². The number of nitrogens with two attached hydrogens (primary N) is 1. The molecule has 1 heterocycles. The van der Waals surface area contributed by atoms with E-state index >= 15 is 0 Å². The van der Waals surface area contributed by atoms with E-state index in [2.05, 4.69) is 12.2 Å². The number of nitrogens with zero attached hydrogens (tertiary/aromatic N) is 1. The summed E-state index contributed by atoms with van der Waals surface area (Å²) in [6.07, 6.45) is 5.40. The third kappa shape index (κ3) is 5.90. The second-order valence-electron chi connectivity index (χ2n) is 5.75. The molecule has 5 nitrogen and oxygen atoms in total. The summed E-state index contributed by atoms with van der Waals surface area (Å²) in [5.74, 6) is 0.838. The molecular weight excluding hydrogens is 254 g/mol.